The first-order valence-corrected chi connectivity index (χ1v) is 15.5. The largest absolute Gasteiger partial charge is 0.489 e. The maximum Gasteiger partial charge on any atom is 0.131 e. The van der Waals surface area contributed by atoms with E-state index in [2.05, 4.69) is 0 Å². The highest BCUT2D eigenvalue weighted by Crippen LogP contribution is 2.41. The van der Waals surface area contributed by atoms with Gasteiger partial charge in [0.25, 0.3) is 0 Å². The predicted molar refractivity (Wildman–Crippen MR) is 173 cm³/mol. The van der Waals surface area contributed by atoms with Crippen LogP contribution in [0.3, 0.4) is 0 Å². The standard InChI is InChI=1S/C39H38FNO5/c40-35-23-33(44-25-30-15-7-2-8-16-30)21-22-34(35)37-39(46-27-32-19-11-4-12-20-32)38(45-26-31-17-9-3-10-18-31)36(41(37)42)28-43-24-29-13-5-1-6-14-29/h1-23,36-39,42H,24-28H2/t36-,37-,38-,39-/m1/s1. The van der Waals surface area contributed by atoms with Crippen molar-refractivity contribution < 1.29 is 28.5 Å². The number of hydroxylamine groups is 2. The maximum atomic E-state index is 16.0. The lowest BCUT2D eigenvalue weighted by Crippen LogP contribution is -2.40. The molecule has 1 N–H and O–H groups in total. The average Bonchev–Trinajstić information content (AvgIpc) is 3.36. The van der Waals surface area contributed by atoms with Gasteiger partial charge in [-0.05, 0) is 28.3 Å². The molecule has 46 heavy (non-hydrogen) atoms. The van der Waals surface area contributed by atoms with Gasteiger partial charge >= 0.3 is 0 Å². The first-order valence-electron chi connectivity index (χ1n) is 15.5. The summed E-state index contributed by atoms with van der Waals surface area (Å²) in [4.78, 5) is 0. The molecular weight excluding hydrogens is 581 g/mol. The summed E-state index contributed by atoms with van der Waals surface area (Å²) in [6, 6.07) is 42.4. The number of hydrogen-bond donors (Lipinski definition) is 1. The van der Waals surface area contributed by atoms with Gasteiger partial charge < -0.3 is 24.2 Å². The first-order chi connectivity index (χ1) is 22.7. The van der Waals surface area contributed by atoms with Gasteiger partial charge in [0.2, 0.25) is 0 Å². The van der Waals surface area contributed by atoms with Crippen LogP contribution < -0.4 is 4.74 Å². The third-order valence-corrected chi connectivity index (χ3v) is 8.15. The summed E-state index contributed by atoms with van der Waals surface area (Å²) in [6.07, 6.45) is -1.35. The number of hydrogen-bond acceptors (Lipinski definition) is 6. The van der Waals surface area contributed by atoms with Gasteiger partial charge in [-0.1, -0.05) is 127 Å². The Morgan fingerprint density at radius 2 is 1.04 bits per heavy atom. The van der Waals surface area contributed by atoms with E-state index in [9.17, 15) is 5.21 Å². The monoisotopic (exact) mass is 619 g/mol. The quantitative estimate of drug-likeness (QED) is 0.136. The number of rotatable bonds is 14. The van der Waals surface area contributed by atoms with Crippen LogP contribution >= 0.6 is 0 Å². The minimum atomic E-state index is -0.863. The van der Waals surface area contributed by atoms with E-state index in [-0.39, 0.29) is 18.8 Å². The molecule has 6 rings (SSSR count). The van der Waals surface area contributed by atoms with Crippen LogP contribution in [0.15, 0.2) is 140 Å². The smallest absolute Gasteiger partial charge is 0.131 e. The second-order valence-corrected chi connectivity index (χ2v) is 11.4. The summed E-state index contributed by atoms with van der Waals surface area (Å²) in [5, 5.41) is 12.9. The molecular formula is C39H38FNO5. The lowest BCUT2D eigenvalue weighted by atomic mass is 9.99. The molecule has 1 heterocycles. The van der Waals surface area contributed by atoms with Crippen molar-refractivity contribution >= 4 is 0 Å². The fourth-order valence-electron chi connectivity index (χ4n) is 5.77. The van der Waals surface area contributed by atoms with Crippen LogP contribution in [0.5, 0.6) is 5.75 Å². The van der Waals surface area contributed by atoms with Crippen LogP contribution in [0.1, 0.15) is 33.9 Å². The van der Waals surface area contributed by atoms with Gasteiger partial charge in [-0.3, -0.25) is 0 Å². The van der Waals surface area contributed by atoms with E-state index in [1.54, 1.807) is 12.1 Å². The topological polar surface area (TPSA) is 60.4 Å². The molecule has 5 aromatic carbocycles. The molecule has 0 amide bonds. The van der Waals surface area contributed by atoms with Gasteiger partial charge in [-0.15, -0.1) is 0 Å². The van der Waals surface area contributed by atoms with Crippen molar-refractivity contribution in [3.05, 3.63) is 173 Å². The Bertz CT molecular complexity index is 1620. The molecule has 4 atom stereocenters. The average molecular weight is 620 g/mol. The third-order valence-electron chi connectivity index (χ3n) is 8.15. The highest BCUT2D eigenvalue weighted by molar-refractivity contribution is 5.33. The summed E-state index contributed by atoms with van der Waals surface area (Å²) >= 11 is 0. The summed E-state index contributed by atoms with van der Waals surface area (Å²) in [5.41, 5.74) is 4.22. The van der Waals surface area contributed by atoms with Crippen LogP contribution in [0.4, 0.5) is 4.39 Å². The Labute approximate surface area is 269 Å². The molecule has 236 valence electrons. The molecule has 0 aromatic heterocycles. The van der Waals surface area contributed by atoms with E-state index < -0.39 is 30.1 Å². The van der Waals surface area contributed by atoms with Crippen LogP contribution in [-0.2, 0) is 40.6 Å². The molecule has 1 fully saturated rings. The Morgan fingerprint density at radius 3 is 1.57 bits per heavy atom. The van der Waals surface area contributed by atoms with Crippen molar-refractivity contribution in [2.75, 3.05) is 6.61 Å². The van der Waals surface area contributed by atoms with Gasteiger partial charge in [0.1, 0.15) is 30.4 Å². The van der Waals surface area contributed by atoms with E-state index in [4.69, 9.17) is 18.9 Å². The second kappa shape index (κ2) is 15.8. The molecule has 1 saturated heterocycles. The van der Waals surface area contributed by atoms with E-state index in [0.29, 0.717) is 25.6 Å². The van der Waals surface area contributed by atoms with Crippen LogP contribution in [0.25, 0.3) is 0 Å². The van der Waals surface area contributed by atoms with Crippen molar-refractivity contribution in [2.24, 2.45) is 0 Å². The summed E-state index contributed by atoms with van der Waals surface area (Å²) in [5.74, 6) is -0.107. The molecule has 1 aliphatic rings. The zero-order valence-corrected chi connectivity index (χ0v) is 25.5. The zero-order valence-electron chi connectivity index (χ0n) is 25.5. The molecule has 0 aliphatic carbocycles. The number of ether oxygens (including phenoxy) is 4. The Hall–Kier alpha value is -4.37. The van der Waals surface area contributed by atoms with Gasteiger partial charge in [0.05, 0.1) is 38.5 Å². The maximum absolute atomic E-state index is 16.0. The Kier molecular flexibility index (Phi) is 10.8. The van der Waals surface area contributed by atoms with Gasteiger partial charge in [-0.2, -0.15) is 5.06 Å². The highest BCUT2D eigenvalue weighted by atomic mass is 19.1. The van der Waals surface area contributed by atoms with Crippen molar-refractivity contribution in [3.8, 4) is 5.75 Å². The molecule has 1 aliphatic heterocycles. The molecule has 7 heteroatoms. The van der Waals surface area contributed by atoms with E-state index in [1.807, 2.05) is 121 Å². The molecule has 6 nitrogen and oxygen atoms in total. The molecule has 0 bridgehead atoms. The second-order valence-electron chi connectivity index (χ2n) is 11.4. The Balaban J connectivity index is 1.27. The van der Waals surface area contributed by atoms with Crippen LogP contribution in [0.2, 0.25) is 0 Å². The molecule has 0 spiro atoms. The molecule has 0 unspecified atom stereocenters. The predicted octanol–water partition coefficient (Wildman–Crippen LogP) is 7.91. The normalized spacial score (nSPS) is 19.7. The highest BCUT2D eigenvalue weighted by Gasteiger charge is 2.52. The number of benzene rings is 5. The lowest BCUT2D eigenvalue weighted by molar-refractivity contribution is -0.167. The summed E-state index contributed by atoms with van der Waals surface area (Å²) < 4.78 is 41.0. The number of halogens is 1. The minimum Gasteiger partial charge on any atom is -0.489 e. The van der Waals surface area contributed by atoms with Gasteiger partial charge in [-0.25, -0.2) is 4.39 Å². The molecule has 5 aromatic rings. The zero-order chi connectivity index (χ0) is 31.6. The number of nitrogens with zero attached hydrogens (tertiary/aromatic N) is 1. The Morgan fingerprint density at radius 1 is 0.565 bits per heavy atom. The van der Waals surface area contributed by atoms with E-state index >= 15 is 4.39 Å². The first kappa shape index (κ1) is 31.6. The SMILES string of the molecule is ON1[C@H](COCc2ccccc2)[C@@H](OCc2ccccc2)[C@H](OCc2ccccc2)[C@H]1c1ccc(OCc2ccccc2)cc1F. The van der Waals surface area contributed by atoms with Crippen LogP contribution in [-0.4, -0.2) is 35.1 Å². The summed E-state index contributed by atoms with van der Waals surface area (Å²) in [7, 11) is 0. The van der Waals surface area contributed by atoms with Crippen LogP contribution in [0, 0.1) is 5.82 Å². The van der Waals surface area contributed by atoms with Crippen molar-refractivity contribution in [1.29, 1.82) is 0 Å². The van der Waals surface area contributed by atoms with Crippen molar-refractivity contribution in [1.82, 2.24) is 5.06 Å². The summed E-state index contributed by atoms with van der Waals surface area (Å²) in [6.45, 7) is 1.37. The minimum absolute atomic E-state index is 0.145. The third kappa shape index (κ3) is 8.07. The fourth-order valence-corrected chi connectivity index (χ4v) is 5.77. The van der Waals surface area contributed by atoms with E-state index in [1.165, 1.54) is 6.07 Å². The molecule has 0 saturated carbocycles. The van der Waals surface area contributed by atoms with Gasteiger partial charge in [0, 0.05) is 11.6 Å². The van der Waals surface area contributed by atoms with Crippen molar-refractivity contribution in [3.63, 3.8) is 0 Å². The van der Waals surface area contributed by atoms with E-state index in [0.717, 1.165) is 27.3 Å². The van der Waals surface area contributed by atoms with Gasteiger partial charge in [0.15, 0.2) is 0 Å². The fraction of sp³-hybridized carbons (Fsp3) is 0.231. The molecule has 0 radical (unpaired) electrons. The van der Waals surface area contributed by atoms with Crippen molar-refractivity contribution in [2.45, 2.75) is 50.7 Å². The lowest BCUT2D eigenvalue weighted by Gasteiger charge is -2.26.